The molecule has 2 heterocycles. The first-order valence-corrected chi connectivity index (χ1v) is 9.97. The molecule has 2 aliphatic rings. The molecule has 0 aliphatic carbocycles. The number of nitrogens with zero attached hydrogens (tertiary/aromatic N) is 1. The number of amides is 3. The van der Waals surface area contributed by atoms with Gasteiger partial charge in [-0.05, 0) is 12.5 Å². The summed E-state index contributed by atoms with van der Waals surface area (Å²) in [5.74, 6) is 1.05. The highest BCUT2D eigenvalue weighted by Gasteiger charge is 2.31. The van der Waals surface area contributed by atoms with E-state index in [4.69, 9.17) is 19.3 Å². The van der Waals surface area contributed by atoms with Gasteiger partial charge >= 0.3 is 12.2 Å². The van der Waals surface area contributed by atoms with E-state index >= 15 is 0 Å². The Bertz CT molecular complexity index is 752. The summed E-state index contributed by atoms with van der Waals surface area (Å²) in [4.78, 5) is 35.4. The van der Waals surface area contributed by atoms with Gasteiger partial charge in [-0.3, -0.25) is 4.79 Å². The summed E-state index contributed by atoms with van der Waals surface area (Å²) >= 11 is 0. The number of likely N-dealkylation sites (tertiary alicyclic amines) is 1. The summed E-state index contributed by atoms with van der Waals surface area (Å²) in [5, 5.41) is 13.5. The summed E-state index contributed by atoms with van der Waals surface area (Å²) in [5.41, 5.74) is 0.890. The quantitative estimate of drug-likeness (QED) is 0.458. The van der Waals surface area contributed by atoms with Gasteiger partial charge in [-0.15, -0.1) is 0 Å². The Morgan fingerprint density at radius 3 is 2.83 bits per heavy atom. The molecule has 1 aromatic rings. The van der Waals surface area contributed by atoms with E-state index in [1.807, 2.05) is 24.3 Å². The molecule has 3 N–H and O–H groups in total. The minimum absolute atomic E-state index is 0.0796. The number of hydrogen-bond acceptors (Lipinski definition) is 6. The lowest BCUT2D eigenvalue weighted by atomic mass is 10.00. The van der Waals surface area contributed by atoms with Crippen LogP contribution >= 0.6 is 0 Å². The van der Waals surface area contributed by atoms with E-state index in [1.54, 1.807) is 4.90 Å². The predicted molar refractivity (Wildman–Crippen MR) is 105 cm³/mol. The number of alkyl carbamates (subject to hydrolysis) is 1. The first kappa shape index (κ1) is 21.7. The summed E-state index contributed by atoms with van der Waals surface area (Å²) < 4.78 is 16.2. The van der Waals surface area contributed by atoms with Gasteiger partial charge in [0.25, 0.3) is 0 Å². The van der Waals surface area contributed by atoms with Crippen LogP contribution in [0.15, 0.2) is 24.3 Å². The van der Waals surface area contributed by atoms with Crippen LogP contribution in [0, 0.1) is 5.92 Å². The summed E-state index contributed by atoms with van der Waals surface area (Å²) in [6, 6.07) is 7.39. The van der Waals surface area contributed by atoms with Gasteiger partial charge in [-0.1, -0.05) is 18.2 Å². The molecule has 30 heavy (non-hydrogen) atoms. The fourth-order valence-corrected chi connectivity index (χ4v) is 3.33. The third-order valence-electron chi connectivity index (χ3n) is 4.97. The Morgan fingerprint density at radius 2 is 2.10 bits per heavy atom. The minimum atomic E-state index is -1.08. The molecule has 0 radical (unpaired) electrons. The number of carbonyl (C=O) groups excluding carboxylic acids is 2. The molecular formula is C20H27N3O7. The number of benzene rings is 1. The predicted octanol–water partition coefficient (Wildman–Crippen LogP) is 1.20. The Labute approximate surface area is 174 Å². The molecule has 1 atom stereocenters. The molecule has 2 aliphatic heterocycles. The average molecular weight is 421 g/mol. The van der Waals surface area contributed by atoms with Crippen LogP contribution in [0.3, 0.4) is 0 Å². The van der Waals surface area contributed by atoms with Crippen LogP contribution in [0.2, 0.25) is 0 Å². The third kappa shape index (κ3) is 6.51. The second-order valence-corrected chi connectivity index (χ2v) is 7.35. The second-order valence-electron chi connectivity index (χ2n) is 7.35. The monoisotopic (exact) mass is 421 g/mol. The number of rotatable bonds is 11. The minimum Gasteiger partial charge on any atom is -0.491 e. The van der Waals surface area contributed by atoms with E-state index in [0.29, 0.717) is 57.4 Å². The van der Waals surface area contributed by atoms with Gasteiger partial charge in [0, 0.05) is 31.0 Å². The maximum atomic E-state index is 12.2. The average Bonchev–Trinajstić information content (AvgIpc) is 3.11. The SMILES string of the molecule is O=C(O)NCCOc1ccccc1COCC1CN(C(=O)CC[C@@H]2COC(=O)N2)C1. The van der Waals surface area contributed by atoms with Gasteiger partial charge in [-0.2, -0.15) is 0 Å². The van der Waals surface area contributed by atoms with Gasteiger partial charge in [0.05, 0.1) is 25.8 Å². The molecule has 0 spiro atoms. The zero-order chi connectivity index (χ0) is 21.3. The maximum Gasteiger partial charge on any atom is 0.407 e. The van der Waals surface area contributed by atoms with Crippen LogP contribution in [-0.4, -0.2) is 73.6 Å². The summed E-state index contributed by atoms with van der Waals surface area (Å²) in [6.45, 7) is 3.04. The third-order valence-corrected chi connectivity index (χ3v) is 4.97. The maximum absolute atomic E-state index is 12.2. The molecule has 0 aromatic heterocycles. The van der Waals surface area contributed by atoms with E-state index in [-0.39, 0.29) is 25.1 Å². The van der Waals surface area contributed by atoms with Crippen molar-refractivity contribution in [2.75, 3.05) is 39.5 Å². The lowest BCUT2D eigenvalue weighted by Crippen LogP contribution is -2.51. The van der Waals surface area contributed by atoms with E-state index in [1.165, 1.54) is 0 Å². The lowest BCUT2D eigenvalue weighted by molar-refractivity contribution is -0.139. The van der Waals surface area contributed by atoms with Crippen molar-refractivity contribution in [3.63, 3.8) is 0 Å². The van der Waals surface area contributed by atoms with Crippen LogP contribution in [-0.2, 0) is 20.9 Å². The van der Waals surface area contributed by atoms with E-state index in [0.717, 1.165) is 5.56 Å². The van der Waals surface area contributed by atoms with Gasteiger partial charge < -0.3 is 34.9 Å². The molecule has 0 saturated carbocycles. The van der Waals surface area contributed by atoms with Crippen molar-refractivity contribution in [1.29, 1.82) is 0 Å². The number of para-hydroxylation sites is 1. The Kier molecular flexibility index (Phi) is 7.72. The first-order chi connectivity index (χ1) is 14.5. The molecule has 3 rings (SSSR count). The standard InChI is InChI=1S/C20H27N3O7/c24-18(6-5-16-13-30-20(27)22-16)23-9-14(10-23)11-28-12-15-3-1-2-4-17(15)29-8-7-21-19(25)26/h1-4,14,16,21H,5-13H2,(H,22,27)(H,25,26)/t16-/m1/s1. The van der Waals surface area contributed by atoms with Gasteiger partial charge in [0.15, 0.2) is 0 Å². The van der Waals surface area contributed by atoms with Crippen LogP contribution in [0.1, 0.15) is 18.4 Å². The van der Waals surface area contributed by atoms with Gasteiger partial charge in [0.1, 0.15) is 19.0 Å². The van der Waals surface area contributed by atoms with Crippen molar-refractivity contribution in [2.45, 2.75) is 25.5 Å². The van der Waals surface area contributed by atoms with Gasteiger partial charge in [0.2, 0.25) is 5.91 Å². The first-order valence-electron chi connectivity index (χ1n) is 9.97. The van der Waals surface area contributed by atoms with Crippen molar-refractivity contribution in [3.05, 3.63) is 29.8 Å². The number of hydrogen-bond donors (Lipinski definition) is 3. The number of cyclic esters (lactones) is 1. The molecule has 164 valence electrons. The molecule has 10 heteroatoms. The zero-order valence-corrected chi connectivity index (χ0v) is 16.7. The van der Waals surface area contributed by atoms with E-state index < -0.39 is 12.2 Å². The lowest BCUT2D eigenvalue weighted by Gasteiger charge is -2.39. The molecule has 2 fully saturated rings. The van der Waals surface area contributed by atoms with Crippen LogP contribution in [0.25, 0.3) is 0 Å². The molecule has 0 unspecified atom stereocenters. The fraction of sp³-hybridized carbons (Fsp3) is 0.550. The van der Waals surface area contributed by atoms with Crippen molar-refractivity contribution >= 4 is 18.1 Å². The smallest absolute Gasteiger partial charge is 0.407 e. The molecular weight excluding hydrogens is 394 g/mol. The highest BCUT2D eigenvalue weighted by molar-refractivity contribution is 5.77. The number of nitrogens with one attached hydrogen (secondary N) is 2. The van der Waals surface area contributed by atoms with Crippen molar-refractivity contribution in [3.8, 4) is 5.75 Å². The Hall–Kier alpha value is -3.01. The summed E-state index contributed by atoms with van der Waals surface area (Å²) in [6.07, 6.45) is -0.523. The Morgan fingerprint density at radius 1 is 1.30 bits per heavy atom. The molecule has 0 bridgehead atoms. The van der Waals surface area contributed by atoms with Crippen LogP contribution in [0.4, 0.5) is 9.59 Å². The van der Waals surface area contributed by atoms with Gasteiger partial charge in [-0.25, -0.2) is 9.59 Å². The van der Waals surface area contributed by atoms with E-state index in [9.17, 15) is 14.4 Å². The van der Waals surface area contributed by atoms with Crippen LogP contribution < -0.4 is 15.4 Å². The highest BCUT2D eigenvalue weighted by atomic mass is 16.6. The van der Waals surface area contributed by atoms with Crippen LogP contribution in [0.5, 0.6) is 5.75 Å². The topological polar surface area (TPSA) is 126 Å². The van der Waals surface area contributed by atoms with E-state index in [2.05, 4.69) is 10.6 Å². The zero-order valence-electron chi connectivity index (χ0n) is 16.7. The largest absolute Gasteiger partial charge is 0.491 e. The number of carbonyl (C=O) groups is 3. The highest BCUT2D eigenvalue weighted by Crippen LogP contribution is 2.22. The fourth-order valence-electron chi connectivity index (χ4n) is 3.33. The van der Waals surface area contributed by atoms with Crippen molar-refractivity contribution in [2.24, 2.45) is 5.92 Å². The van der Waals surface area contributed by atoms with Crippen molar-refractivity contribution in [1.82, 2.24) is 15.5 Å². The van der Waals surface area contributed by atoms with Crippen molar-refractivity contribution < 1.29 is 33.7 Å². The Balaban J connectivity index is 1.30. The second kappa shape index (κ2) is 10.7. The summed E-state index contributed by atoms with van der Waals surface area (Å²) in [7, 11) is 0. The molecule has 3 amide bonds. The molecule has 10 nitrogen and oxygen atoms in total. The number of ether oxygens (including phenoxy) is 3. The molecule has 2 saturated heterocycles. The molecule has 1 aromatic carbocycles. The normalized spacial score (nSPS) is 18.3. The number of carboxylic acid groups (broad SMARTS) is 1.